The van der Waals surface area contributed by atoms with E-state index in [1.54, 1.807) is 12.1 Å². The number of halogens is 1. The third-order valence-electron chi connectivity index (χ3n) is 3.58. The van der Waals surface area contributed by atoms with Crippen molar-refractivity contribution in [3.8, 4) is 5.75 Å². The molecule has 1 saturated heterocycles. The molecule has 0 aromatic heterocycles. The number of benzene rings is 1. The van der Waals surface area contributed by atoms with Gasteiger partial charge in [-0.3, -0.25) is 4.90 Å². The van der Waals surface area contributed by atoms with Gasteiger partial charge in [-0.05, 0) is 30.2 Å². The highest BCUT2D eigenvalue weighted by Gasteiger charge is 2.16. The topological polar surface area (TPSA) is 15.7 Å². The van der Waals surface area contributed by atoms with E-state index in [1.807, 2.05) is 0 Å². The molecule has 1 aromatic rings. The fraction of sp³-hybridized carbons (Fsp3) is 0.625. The van der Waals surface area contributed by atoms with Gasteiger partial charge in [0.05, 0.1) is 0 Å². The van der Waals surface area contributed by atoms with E-state index in [1.165, 1.54) is 18.7 Å². The Morgan fingerprint density at radius 3 is 2.25 bits per heavy atom. The fourth-order valence-electron chi connectivity index (χ4n) is 2.54. The molecule has 4 heteroatoms. The molecule has 0 amide bonds. The number of hydrogen-bond acceptors (Lipinski definition) is 3. The summed E-state index contributed by atoms with van der Waals surface area (Å²) in [5, 5.41) is 0. The lowest BCUT2D eigenvalue weighted by Crippen LogP contribution is -2.48. The molecule has 0 atom stereocenters. The maximum Gasteiger partial charge on any atom is 0.123 e. The van der Waals surface area contributed by atoms with Crippen LogP contribution in [-0.4, -0.2) is 55.7 Å². The first-order chi connectivity index (χ1) is 9.63. The largest absolute Gasteiger partial charge is 0.492 e. The first kappa shape index (κ1) is 15.3. The second-order valence-electron chi connectivity index (χ2n) is 5.84. The zero-order valence-corrected chi connectivity index (χ0v) is 12.5. The van der Waals surface area contributed by atoms with Crippen LogP contribution in [0, 0.1) is 11.7 Å². The molecule has 1 heterocycles. The van der Waals surface area contributed by atoms with Crippen molar-refractivity contribution in [2.75, 3.05) is 45.9 Å². The summed E-state index contributed by atoms with van der Waals surface area (Å²) < 4.78 is 18.4. The van der Waals surface area contributed by atoms with Crippen LogP contribution < -0.4 is 4.74 Å². The van der Waals surface area contributed by atoms with Crippen molar-refractivity contribution in [2.45, 2.75) is 13.8 Å². The standard InChI is InChI=1S/C16H25FN2O/c1-14(2)13-19-9-7-18(8-10-19)11-12-20-16-5-3-15(17)4-6-16/h3-6,14H,7-13H2,1-2H3. The van der Waals surface area contributed by atoms with Crippen LogP contribution in [0.5, 0.6) is 5.75 Å². The molecule has 3 nitrogen and oxygen atoms in total. The van der Waals surface area contributed by atoms with E-state index >= 15 is 0 Å². The van der Waals surface area contributed by atoms with Gasteiger partial charge >= 0.3 is 0 Å². The molecule has 1 fully saturated rings. The number of ether oxygens (including phenoxy) is 1. The van der Waals surface area contributed by atoms with Crippen molar-refractivity contribution in [2.24, 2.45) is 5.92 Å². The van der Waals surface area contributed by atoms with Crippen molar-refractivity contribution in [3.63, 3.8) is 0 Å². The van der Waals surface area contributed by atoms with Crippen molar-refractivity contribution < 1.29 is 9.13 Å². The monoisotopic (exact) mass is 280 g/mol. The van der Waals surface area contributed by atoms with Crippen molar-refractivity contribution in [3.05, 3.63) is 30.1 Å². The van der Waals surface area contributed by atoms with Crippen LogP contribution in [0.4, 0.5) is 4.39 Å². The summed E-state index contributed by atoms with van der Waals surface area (Å²) in [6, 6.07) is 6.21. The SMILES string of the molecule is CC(C)CN1CCN(CCOc2ccc(F)cc2)CC1. The predicted octanol–water partition coefficient (Wildman–Crippen LogP) is 2.48. The van der Waals surface area contributed by atoms with Gasteiger partial charge in [0.1, 0.15) is 18.2 Å². The van der Waals surface area contributed by atoms with E-state index in [-0.39, 0.29) is 5.82 Å². The van der Waals surface area contributed by atoms with E-state index in [2.05, 4.69) is 23.6 Å². The van der Waals surface area contributed by atoms with Gasteiger partial charge in [-0.15, -0.1) is 0 Å². The van der Waals surface area contributed by atoms with Crippen LogP contribution in [0.2, 0.25) is 0 Å². The molecule has 2 rings (SSSR count). The Morgan fingerprint density at radius 1 is 1.05 bits per heavy atom. The summed E-state index contributed by atoms with van der Waals surface area (Å²) in [7, 11) is 0. The van der Waals surface area contributed by atoms with E-state index in [4.69, 9.17) is 4.74 Å². The van der Waals surface area contributed by atoms with Crippen LogP contribution >= 0.6 is 0 Å². The Labute approximate surface area is 121 Å². The van der Waals surface area contributed by atoms with Gasteiger partial charge in [0.25, 0.3) is 0 Å². The van der Waals surface area contributed by atoms with Crippen molar-refractivity contribution in [1.29, 1.82) is 0 Å². The first-order valence-electron chi connectivity index (χ1n) is 7.46. The molecule has 0 unspecified atom stereocenters. The Kier molecular flexibility index (Phi) is 5.80. The van der Waals surface area contributed by atoms with Gasteiger partial charge in [0, 0.05) is 39.3 Å². The maximum absolute atomic E-state index is 12.8. The smallest absolute Gasteiger partial charge is 0.123 e. The number of nitrogens with zero attached hydrogens (tertiary/aromatic N) is 2. The molecule has 0 bridgehead atoms. The van der Waals surface area contributed by atoms with Gasteiger partial charge in [-0.25, -0.2) is 4.39 Å². The lowest BCUT2D eigenvalue weighted by atomic mass is 10.2. The molecule has 0 N–H and O–H groups in total. The van der Waals surface area contributed by atoms with Crippen molar-refractivity contribution in [1.82, 2.24) is 9.80 Å². The highest BCUT2D eigenvalue weighted by Crippen LogP contribution is 2.11. The summed E-state index contributed by atoms with van der Waals surface area (Å²) in [5.74, 6) is 1.26. The van der Waals surface area contributed by atoms with E-state index in [0.29, 0.717) is 6.61 Å². The Bertz CT molecular complexity index is 386. The zero-order valence-electron chi connectivity index (χ0n) is 12.5. The average Bonchev–Trinajstić information content (AvgIpc) is 2.42. The van der Waals surface area contributed by atoms with Crippen LogP contribution in [0.15, 0.2) is 24.3 Å². The second-order valence-corrected chi connectivity index (χ2v) is 5.84. The summed E-state index contributed by atoms with van der Waals surface area (Å²) in [6.45, 7) is 11.8. The summed E-state index contributed by atoms with van der Waals surface area (Å²) >= 11 is 0. The van der Waals surface area contributed by atoms with Gasteiger partial charge in [0.15, 0.2) is 0 Å². The van der Waals surface area contributed by atoms with Crippen molar-refractivity contribution >= 4 is 0 Å². The molecular weight excluding hydrogens is 255 g/mol. The Balaban J connectivity index is 1.62. The Hall–Kier alpha value is -1.13. The third-order valence-corrected chi connectivity index (χ3v) is 3.58. The summed E-state index contributed by atoms with van der Waals surface area (Å²) in [6.07, 6.45) is 0. The molecule has 20 heavy (non-hydrogen) atoms. The van der Waals surface area contributed by atoms with Gasteiger partial charge < -0.3 is 9.64 Å². The molecule has 0 aliphatic carbocycles. The molecule has 1 aromatic carbocycles. The predicted molar refractivity (Wildman–Crippen MR) is 79.6 cm³/mol. The highest BCUT2D eigenvalue weighted by molar-refractivity contribution is 5.21. The normalized spacial score (nSPS) is 17.6. The van der Waals surface area contributed by atoms with Crippen LogP contribution in [0.3, 0.4) is 0 Å². The van der Waals surface area contributed by atoms with Gasteiger partial charge in [-0.2, -0.15) is 0 Å². The third kappa shape index (κ3) is 5.10. The summed E-state index contributed by atoms with van der Waals surface area (Å²) in [4.78, 5) is 4.96. The van der Waals surface area contributed by atoms with E-state index in [9.17, 15) is 4.39 Å². The second kappa shape index (κ2) is 7.60. The van der Waals surface area contributed by atoms with E-state index in [0.717, 1.165) is 44.4 Å². The summed E-state index contributed by atoms with van der Waals surface area (Å²) in [5.41, 5.74) is 0. The minimum Gasteiger partial charge on any atom is -0.492 e. The lowest BCUT2D eigenvalue weighted by Gasteiger charge is -2.35. The zero-order chi connectivity index (χ0) is 14.4. The Morgan fingerprint density at radius 2 is 1.65 bits per heavy atom. The average molecular weight is 280 g/mol. The molecule has 112 valence electrons. The molecule has 0 radical (unpaired) electrons. The minimum atomic E-state index is -0.223. The molecule has 1 aliphatic heterocycles. The molecule has 0 spiro atoms. The van der Waals surface area contributed by atoms with Crippen LogP contribution in [0.1, 0.15) is 13.8 Å². The van der Waals surface area contributed by atoms with E-state index < -0.39 is 0 Å². The minimum absolute atomic E-state index is 0.223. The number of rotatable bonds is 6. The van der Waals surface area contributed by atoms with Gasteiger partial charge in [-0.1, -0.05) is 13.8 Å². The van der Waals surface area contributed by atoms with Crippen LogP contribution in [0.25, 0.3) is 0 Å². The van der Waals surface area contributed by atoms with Gasteiger partial charge in [0.2, 0.25) is 0 Å². The first-order valence-corrected chi connectivity index (χ1v) is 7.46. The lowest BCUT2D eigenvalue weighted by molar-refractivity contribution is 0.109. The fourth-order valence-corrected chi connectivity index (χ4v) is 2.54. The molecule has 0 saturated carbocycles. The number of piperazine rings is 1. The number of hydrogen-bond donors (Lipinski definition) is 0. The molecular formula is C16H25FN2O. The molecule has 1 aliphatic rings. The highest BCUT2D eigenvalue weighted by atomic mass is 19.1. The van der Waals surface area contributed by atoms with Crippen LogP contribution in [-0.2, 0) is 0 Å². The quantitative estimate of drug-likeness (QED) is 0.796. The maximum atomic E-state index is 12.8.